The number of rotatable bonds is 5. The molecule has 1 aromatic heterocycles. The second-order valence-corrected chi connectivity index (χ2v) is 9.28. The first-order valence-corrected chi connectivity index (χ1v) is 12.3. The minimum absolute atomic E-state index is 0.0378. The average molecular weight is 520 g/mol. The Morgan fingerprint density at radius 3 is 2.31 bits per heavy atom. The van der Waals surface area contributed by atoms with Crippen molar-refractivity contribution in [2.75, 3.05) is 36.4 Å². The summed E-state index contributed by atoms with van der Waals surface area (Å²) in [4.78, 5) is 29.4. The number of carbonyl (C=O) groups is 2. The molecule has 0 spiro atoms. The fourth-order valence-corrected chi connectivity index (χ4v) is 4.69. The van der Waals surface area contributed by atoms with Crippen LogP contribution in [0.2, 0.25) is 10.0 Å². The van der Waals surface area contributed by atoms with Crippen molar-refractivity contribution in [3.05, 3.63) is 106 Å². The second kappa shape index (κ2) is 10.5. The predicted octanol–water partition coefficient (Wildman–Crippen LogP) is 6.47. The molecule has 5 rings (SSSR count). The number of nitrogens with one attached hydrogen (secondary N) is 1. The van der Waals surface area contributed by atoms with Crippen LogP contribution in [0, 0.1) is 0 Å². The number of nitrogens with zero attached hydrogens (tertiary/aromatic N) is 2. The number of hydrogen-bond donors (Lipinski definition) is 1. The molecule has 8 heteroatoms. The lowest BCUT2D eigenvalue weighted by atomic mass is 10.1. The van der Waals surface area contributed by atoms with E-state index in [0.717, 1.165) is 11.3 Å². The van der Waals surface area contributed by atoms with E-state index in [-0.39, 0.29) is 17.6 Å². The Kier molecular flexibility index (Phi) is 6.98. The third-order valence-corrected chi connectivity index (χ3v) is 6.61. The van der Waals surface area contributed by atoms with Crippen molar-refractivity contribution < 1.29 is 14.0 Å². The number of amides is 2. The molecule has 0 atom stereocenters. The maximum atomic E-state index is 12.7. The van der Waals surface area contributed by atoms with Crippen LogP contribution in [0.1, 0.15) is 20.9 Å². The summed E-state index contributed by atoms with van der Waals surface area (Å²) in [6.45, 7) is 2.55. The van der Waals surface area contributed by atoms with Gasteiger partial charge in [-0.05, 0) is 54.6 Å². The van der Waals surface area contributed by atoms with Gasteiger partial charge in [0.25, 0.3) is 11.8 Å². The van der Waals surface area contributed by atoms with Crippen LogP contribution in [0.15, 0.2) is 89.3 Å². The lowest BCUT2D eigenvalue weighted by Gasteiger charge is -2.36. The Labute approximate surface area is 219 Å². The van der Waals surface area contributed by atoms with Crippen molar-refractivity contribution in [2.45, 2.75) is 0 Å². The van der Waals surface area contributed by atoms with E-state index in [2.05, 4.69) is 10.2 Å². The first kappa shape index (κ1) is 24.0. The Hall–Kier alpha value is -3.74. The highest BCUT2D eigenvalue weighted by Gasteiger charge is 2.23. The highest BCUT2D eigenvalue weighted by Crippen LogP contribution is 2.31. The number of furan rings is 1. The Balaban J connectivity index is 1.21. The molecule has 2 heterocycles. The van der Waals surface area contributed by atoms with E-state index in [1.807, 2.05) is 53.4 Å². The zero-order valence-corrected chi connectivity index (χ0v) is 20.8. The standard InChI is InChI=1S/C28H23Cl2N3O3/c29-21-8-4-7-20(17-21)25-11-12-26(36-25)27(34)31-22-9-10-24(23(30)18-22)32-13-15-33(16-14-32)28(35)19-5-2-1-3-6-19/h1-12,17-18H,13-16H2,(H,31,34). The molecule has 4 aromatic rings. The molecule has 3 aromatic carbocycles. The predicted molar refractivity (Wildman–Crippen MR) is 143 cm³/mol. The fourth-order valence-electron chi connectivity index (χ4n) is 4.20. The lowest BCUT2D eigenvalue weighted by molar-refractivity contribution is 0.0746. The van der Waals surface area contributed by atoms with Crippen molar-refractivity contribution in [3.8, 4) is 11.3 Å². The quantitative estimate of drug-likeness (QED) is 0.328. The molecule has 2 amide bonds. The zero-order valence-electron chi connectivity index (χ0n) is 19.3. The van der Waals surface area contributed by atoms with E-state index in [1.54, 1.807) is 36.4 Å². The summed E-state index contributed by atoms with van der Waals surface area (Å²) < 4.78 is 5.73. The van der Waals surface area contributed by atoms with Gasteiger partial charge in [0.1, 0.15) is 5.76 Å². The molecule has 36 heavy (non-hydrogen) atoms. The number of carbonyl (C=O) groups excluding carboxylic acids is 2. The number of hydrogen-bond acceptors (Lipinski definition) is 4. The number of benzene rings is 3. The van der Waals surface area contributed by atoms with Crippen LogP contribution < -0.4 is 10.2 Å². The summed E-state index contributed by atoms with van der Waals surface area (Å²) in [5, 5.41) is 3.95. The average Bonchev–Trinajstić information content (AvgIpc) is 3.40. The van der Waals surface area contributed by atoms with Gasteiger partial charge >= 0.3 is 0 Å². The van der Waals surface area contributed by atoms with E-state index in [1.165, 1.54) is 0 Å². The van der Waals surface area contributed by atoms with Gasteiger partial charge in [0.15, 0.2) is 5.76 Å². The van der Waals surface area contributed by atoms with Crippen molar-refractivity contribution in [1.82, 2.24) is 4.90 Å². The Morgan fingerprint density at radius 1 is 0.806 bits per heavy atom. The molecule has 0 aliphatic carbocycles. The van der Waals surface area contributed by atoms with Crippen LogP contribution in [-0.2, 0) is 0 Å². The monoisotopic (exact) mass is 519 g/mol. The number of piperazine rings is 1. The maximum Gasteiger partial charge on any atom is 0.291 e. The van der Waals surface area contributed by atoms with Gasteiger partial charge < -0.3 is 19.5 Å². The molecule has 1 fully saturated rings. The van der Waals surface area contributed by atoms with Crippen LogP contribution >= 0.6 is 23.2 Å². The number of halogens is 2. The van der Waals surface area contributed by atoms with Crippen LogP contribution in [-0.4, -0.2) is 42.9 Å². The van der Waals surface area contributed by atoms with Gasteiger partial charge in [-0.2, -0.15) is 0 Å². The fraction of sp³-hybridized carbons (Fsp3) is 0.143. The normalized spacial score (nSPS) is 13.5. The SMILES string of the molecule is O=C(Nc1ccc(N2CCN(C(=O)c3ccccc3)CC2)c(Cl)c1)c1ccc(-c2cccc(Cl)c2)o1. The van der Waals surface area contributed by atoms with Gasteiger partial charge in [-0.25, -0.2) is 0 Å². The second-order valence-electron chi connectivity index (χ2n) is 8.44. The molecular formula is C28H23Cl2N3O3. The molecule has 1 saturated heterocycles. The topological polar surface area (TPSA) is 65.8 Å². The first-order chi connectivity index (χ1) is 17.5. The number of anilines is 2. The van der Waals surface area contributed by atoms with Gasteiger partial charge in [-0.1, -0.05) is 53.5 Å². The van der Waals surface area contributed by atoms with Gasteiger partial charge in [0.05, 0.1) is 10.7 Å². The molecule has 0 unspecified atom stereocenters. The van der Waals surface area contributed by atoms with E-state index in [9.17, 15) is 9.59 Å². The molecule has 182 valence electrons. The van der Waals surface area contributed by atoms with Gasteiger partial charge in [0, 0.05) is 48.0 Å². The highest BCUT2D eigenvalue weighted by molar-refractivity contribution is 6.33. The lowest BCUT2D eigenvalue weighted by Crippen LogP contribution is -2.48. The molecule has 0 saturated carbocycles. The minimum atomic E-state index is -0.375. The molecule has 1 N–H and O–H groups in total. The zero-order chi connectivity index (χ0) is 25.1. The van der Waals surface area contributed by atoms with Crippen molar-refractivity contribution in [3.63, 3.8) is 0 Å². The Morgan fingerprint density at radius 2 is 1.58 bits per heavy atom. The van der Waals surface area contributed by atoms with Gasteiger partial charge in [-0.15, -0.1) is 0 Å². The largest absolute Gasteiger partial charge is 0.451 e. The summed E-state index contributed by atoms with van der Waals surface area (Å²) in [5.74, 6) is 0.404. The van der Waals surface area contributed by atoms with Gasteiger partial charge in [-0.3, -0.25) is 9.59 Å². The minimum Gasteiger partial charge on any atom is -0.451 e. The highest BCUT2D eigenvalue weighted by atomic mass is 35.5. The molecular weight excluding hydrogens is 497 g/mol. The van der Waals surface area contributed by atoms with E-state index in [4.69, 9.17) is 27.6 Å². The van der Waals surface area contributed by atoms with E-state index >= 15 is 0 Å². The van der Waals surface area contributed by atoms with E-state index < -0.39 is 0 Å². The Bertz CT molecular complexity index is 1400. The molecule has 0 radical (unpaired) electrons. The third-order valence-electron chi connectivity index (χ3n) is 6.07. The molecule has 0 bridgehead atoms. The van der Waals surface area contributed by atoms with Crippen LogP contribution in [0.5, 0.6) is 0 Å². The van der Waals surface area contributed by atoms with Crippen LogP contribution in [0.3, 0.4) is 0 Å². The van der Waals surface area contributed by atoms with E-state index in [0.29, 0.717) is 53.2 Å². The van der Waals surface area contributed by atoms with Crippen molar-refractivity contribution in [2.24, 2.45) is 0 Å². The summed E-state index contributed by atoms with van der Waals surface area (Å²) in [7, 11) is 0. The summed E-state index contributed by atoms with van der Waals surface area (Å²) >= 11 is 12.6. The maximum absolute atomic E-state index is 12.7. The van der Waals surface area contributed by atoms with Gasteiger partial charge in [0.2, 0.25) is 0 Å². The van der Waals surface area contributed by atoms with Crippen LogP contribution in [0.25, 0.3) is 11.3 Å². The summed E-state index contributed by atoms with van der Waals surface area (Å²) in [6.07, 6.45) is 0. The molecule has 6 nitrogen and oxygen atoms in total. The van der Waals surface area contributed by atoms with Crippen LogP contribution in [0.4, 0.5) is 11.4 Å². The van der Waals surface area contributed by atoms with Crippen molar-refractivity contribution in [1.29, 1.82) is 0 Å². The first-order valence-electron chi connectivity index (χ1n) is 11.5. The summed E-state index contributed by atoms with van der Waals surface area (Å²) in [6, 6.07) is 25.3. The smallest absolute Gasteiger partial charge is 0.291 e. The summed E-state index contributed by atoms with van der Waals surface area (Å²) in [5.41, 5.74) is 2.91. The molecule has 1 aliphatic rings. The van der Waals surface area contributed by atoms with Crippen molar-refractivity contribution >= 4 is 46.4 Å². The third kappa shape index (κ3) is 5.25. The molecule has 1 aliphatic heterocycles.